The summed E-state index contributed by atoms with van der Waals surface area (Å²) in [7, 11) is 0. The fourth-order valence-electron chi connectivity index (χ4n) is 1.95. The Kier molecular flexibility index (Phi) is 3.70. The Hall–Kier alpha value is -3.00. The van der Waals surface area contributed by atoms with Gasteiger partial charge in [-0.05, 0) is 24.3 Å². The summed E-state index contributed by atoms with van der Waals surface area (Å²) in [6, 6.07) is 14.9. The fraction of sp³-hybridized carbons (Fsp3) is 0.125. The van der Waals surface area contributed by atoms with Crippen molar-refractivity contribution < 1.29 is 14.3 Å². The molecule has 1 heterocycles. The molecule has 104 valence electrons. The van der Waals surface area contributed by atoms with E-state index in [1.807, 2.05) is 36.4 Å². The second-order valence-electron chi connectivity index (χ2n) is 4.39. The van der Waals surface area contributed by atoms with E-state index in [0.717, 1.165) is 16.9 Å². The maximum absolute atomic E-state index is 8.97. The van der Waals surface area contributed by atoms with Gasteiger partial charge in [-0.2, -0.15) is 5.26 Å². The van der Waals surface area contributed by atoms with Crippen LogP contribution in [0, 0.1) is 11.3 Å². The van der Waals surface area contributed by atoms with Crippen LogP contribution in [0.25, 0.3) is 0 Å². The molecule has 1 aliphatic heterocycles. The van der Waals surface area contributed by atoms with Crippen molar-refractivity contribution in [3.63, 3.8) is 0 Å². The van der Waals surface area contributed by atoms with Gasteiger partial charge in [-0.15, -0.1) is 0 Å². The zero-order chi connectivity index (χ0) is 14.5. The van der Waals surface area contributed by atoms with E-state index < -0.39 is 0 Å². The number of oxime groups is 1. The monoisotopic (exact) mass is 280 g/mol. The Morgan fingerprint density at radius 1 is 1.19 bits per heavy atom. The molecule has 2 aromatic rings. The number of ether oxygens (including phenoxy) is 2. The van der Waals surface area contributed by atoms with Crippen LogP contribution in [0.4, 0.5) is 0 Å². The molecule has 0 bridgehead atoms. The van der Waals surface area contributed by atoms with Crippen molar-refractivity contribution in [2.24, 2.45) is 5.16 Å². The van der Waals surface area contributed by atoms with Gasteiger partial charge < -0.3 is 14.3 Å². The van der Waals surface area contributed by atoms with Gasteiger partial charge in [0, 0.05) is 11.1 Å². The van der Waals surface area contributed by atoms with Crippen molar-refractivity contribution >= 4 is 6.21 Å². The first kappa shape index (κ1) is 13.0. The van der Waals surface area contributed by atoms with Crippen molar-refractivity contribution in [3.05, 3.63) is 59.2 Å². The van der Waals surface area contributed by atoms with E-state index in [0.29, 0.717) is 11.3 Å². The van der Waals surface area contributed by atoms with Gasteiger partial charge in [-0.3, -0.25) is 0 Å². The summed E-state index contributed by atoms with van der Waals surface area (Å²) in [6.45, 7) is 0.502. The van der Waals surface area contributed by atoms with Crippen molar-refractivity contribution in [2.45, 2.75) is 6.61 Å². The summed E-state index contributed by atoms with van der Waals surface area (Å²) in [5.74, 6) is 1.43. The Bertz CT molecular complexity index is 720. The quantitative estimate of drug-likeness (QED) is 0.638. The highest BCUT2D eigenvalue weighted by Gasteiger charge is 2.12. The highest BCUT2D eigenvalue weighted by atomic mass is 16.7. The Balaban J connectivity index is 1.61. The molecule has 0 N–H and O–H groups in total. The summed E-state index contributed by atoms with van der Waals surface area (Å²) in [5.41, 5.74) is 2.26. The molecule has 0 saturated heterocycles. The molecule has 5 heteroatoms. The topological polar surface area (TPSA) is 63.8 Å². The lowest BCUT2D eigenvalue weighted by Crippen LogP contribution is -1.93. The van der Waals surface area contributed by atoms with E-state index in [4.69, 9.17) is 19.6 Å². The lowest BCUT2D eigenvalue weighted by molar-refractivity contribution is 0.132. The number of benzene rings is 2. The maximum Gasteiger partial charge on any atom is 0.231 e. The van der Waals surface area contributed by atoms with Crippen LogP contribution in [0.5, 0.6) is 11.5 Å². The third-order valence-corrected chi connectivity index (χ3v) is 3.03. The van der Waals surface area contributed by atoms with E-state index in [2.05, 4.69) is 11.2 Å². The summed E-state index contributed by atoms with van der Waals surface area (Å²) < 4.78 is 10.5. The van der Waals surface area contributed by atoms with Crippen LogP contribution in [0.2, 0.25) is 0 Å². The molecule has 0 saturated carbocycles. The number of hydrogen-bond acceptors (Lipinski definition) is 5. The van der Waals surface area contributed by atoms with Crippen LogP contribution in [0.1, 0.15) is 16.7 Å². The fourth-order valence-corrected chi connectivity index (χ4v) is 1.95. The van der Waals surface area contributed by atoms with Crippen LogP contribution in [0.3, 0.4) is 0 Å². The van der Waals surface area contributed by atoms with Crippen molar-refractivity contribution in [2.75, 3.05) is 6.79 Å². The van der Waals surface area contributed by atoms with Gasteiger partial charge in [0.05, 0.1) is 17.8 Å². The van der Waals surface area contributed by atoms with Crippen LogP contribution in [0.15, 0.2) is 47.6 Å². The Labute approximate surface area is 122 Å². The summed E-state index contributed by atoms with van der Waals surface area (Å²) in [6.07, 6.45) is 1.59. The maximum atomic E-state index is 8.97. The SMILES string of the molecule is N#Cc1ccccc1CO/N=C\c1ccc2c(c1)OCO2. The van der Waals surface area contributed by atoms with E-state index in [1.54, 1.807) is 12.3 Å². The minimum Gasteiger partial charge on any atom is -0.454 e. The van der Waals surface area contributed by atoms with Gasteiger partial charge in [-0.25, -0.2) is 0 Å². The first-order valence-electron chi connectivity index (χ1n) is 6.40. The minimum atomic E-state index is 0.247. The molecule has 0 fully saturated rings. The lowest BCUT2D eigenvalue weighted by atomic mass is 10.1. The van der Waals surface area contributed by atoms with Crippen molar-refractivity contribution in [3.8, 4) is 17.6 Å². The van der Waals surface area contributed by atoms with Gasteiger partial charge in [0.2, 0.25) is 6.79 Å². The zero-order valence-electron chi connectivity index (χ0n) is 11.2. The third kappa shape index (κ3) is 2.95. The predicted octanol–water partition coefficient (Wildman–Crippen LogP) is 2.84. The van der Waals surface area contributed by atoms with E-state index >= 15 is 0 Å². The molecular formula is C16H12N2O3. The molecule has 3 rings (SSSR count). The Morgan fingerprint density at radius 3 is 2.95 bits per heavy atom. The molecular weight excluding hydrogens is 268 g/mol. The second-order valence-corrected chi connectivity index (χ2v) is 4.39. The number of fused-ring (bicyclic) bond motifs is 1. The van der Waals surface area contributed by atoms with Crippen LogP contribution < -0.4 is 9.47 Å². The molecule has 1 aliphatic rings. The molecule has 0 atom stereocenters. The molecule has 2 aromatic carbocycles. The van der Waals surface area contributed by atoms with Gasteiger partial charge in [0.1, 0.15) is 6.61 Å². The summed E-state index contributed by atoms with van der Waals surface area (Å²) >= 11 is 0. The van der Waals surface area contributed by atoms with Crippen LogP contribution >= 0.6 is 0 Å². The molecule has 0 spiro atoms. The van der Waals surface area contributed by atoms with Crippen molar-refractivity contribution in [1.29, 1.82) is 5.26 Å². The number of rotatable bonds is 4. The average molecular weight is 280 g/mol. The van der Waals surface area contributed by atoms with Gasteiger partial charge in [-0.1, -0.05) is 23.4 Å². The van der Waals surface area contributed by atoms with E-state index in [1.165, 1.54) is 0 Å². The third-order valence-electron chi connectivity index (χ3n) is 3.03. The molecule has 0 aromatic heterocycles. The zero-order valence-corrected chi connectivity index (χ0v) is 11.2. The molecule has 0 aliphatic carbocycles. The van der Waals surface area contributed by atoms with Crippen LogP contribution in [-0.4, -0.2) is 13.0 Å². The first-order valence-corrected chi connectivity index (χ1v) is 6.40. The predicted molar refractivity (Wildman–Crippen MR) is 76.1 cm³/mol. The highest BCUT2D eigenvalue weighted by Crippen LogP contribution is 2.31. The van der Waals surface area contributed by atoms with Gasteiger partial charge in [0.15, 0.2) is 11.5 Å². The number of nitriles is 1. The normalized spacial score (nSPS) is 12.3. The van der Waals surface area contributed by atoms with E-state index in [-0.39, 0.29) is 13.4 Å². The molecule has 5 nitrogen and oxygen atoms in total. The molecule has 0 radical (unpaired) electrons. The largest absolute Gasteiger partial charge is 0.454 e. The Morgan fingerprint density at radius 2 is 2.05 bits per heavy atom. The van der Waals surface area contributed by atoms with Gasteiger partial charge >= 0.3 is 0 Å². The minimum absolute atomic E-state index is 0.247. The summed E-state index contributed by atoms with van der Waals surface area (Å²) in [5, 5.41) is 12.9. The molecule has 0 amide bonds. The highest BCUT2D eigenvalue weighted by molar-refractivity contribution is 5.80. The average Bonchev–Trinajstić information content (AvgIpc) is 2.99. The molecule has 0 unspecified atom stereocenters. The lowest BCUT2D eigenvalue weighted by Gasteiger charge is -2.02. The smallest absolute Gasteiger partial charge is 0.231 e. The standard InChI is InChI=1S/C16H12N2O3/c17-8-13-3-1-2-4-14(13)10-21-18-9-12-5-6-15-16(7-12)20-11-19-15/h1-7,9H,10-11H2/b18-9-. The van der Waals surface area contributed by atoms with Gasteiger partial charge in [0.25, 0.3) is 0 Å². The molecule has 21 heavy (non-hydrogen) atoms. The van der Waals surface area contributed by atoms with Crippen molar-refractivity contribution in [1.82, 2.24) is 0 Å². The number of hydrogen-bond donors (Lipinski definition) is 0. The second kappa shape index (κ2) is 5.97. The number of nitrogens with zero attached hydrogens (tertiary/aromatic N) is 2. The van der Waals surface area contributed by atoms with E-state index in [9.17, 15) is 0 Å². The summed E-state index contributed by atoms with van der Waals surface area (Å²) in [4.78, 5) is 5.23. The van der Waals surface area contributed by atoms with Crippen LogP contribution in [-0.2, 0) is 11.4 Å². The first-order chi connectivity index (χ1) is 10.4.